The molecule has 0 atom stereocenters. The predicted octanol–water partition coefficient (Wildman–Crippen LogP) is 5.22. The lowest BCUT2D eigenvalue weighted by atomic mass is 9.89. The summed E-state index contributed by atoms with van der Waals surface area (Å²) in [5.41, 5.74) is 4.03. The highest BCUT2D eigenvalue weighted by molar-refractivity contribution is 9.10. The molecule has 0 spiro atoms. The maximum absolute atomic E-state index is 13.5. The quantitative estimate of drug-likeness (QED) is 0.350. The minimum absolute atomic E-state index is 0.119. The van der Waals surface area contributed by atoms with E-state index in [1.165, 1.54) is 5.56 Å². The summed E-state index contributed by atoms with van der Waals surface area (Å²) in [4.78, 5) is 31.1. The van der Waals surface area contributed by atoms with Crippen LogP contribution in [0.25, 0.3) is 0 Å². The van der Waals surface area contributed by atoms with Crippen LogP contribution in [-0.4, -0.2) is 69.2 Å². The number of ether oxygens (including phenoxy) is 1. The number of nitrogens with one attached hydrogen (secondary N) is 2. The zero-order valence-electron chi connectivity index (χ0n) is 22.8. The van der Waals surface area contributed by atoms with E-state index in [1.54, 1.807) is 6.07 Å². The summed E-state index contributed by atoms with van der Waals surface area (Å²) in [5.74, 6) is 0.291. The van der Waals surface area contributed by atoms with Gasteiger partial charge in [0.1, 0.15) is 0 Å². The Bertz CT molecular complexity index is 1290. The number of morpholine rings is 1. The van der Waals surface area contributed by atoms with Gasteiger partial charge in [-0.2, -0.15) is 0 Å². The van der Waals surface area contributed by atoms with E-state index in [4.69, 9.17) is 4.74 Å². The second-order valence-electron chi connectivity index (χ2n) is 10.5. The Morgan fingerprint density at radius 3 is 2.33 bits per heavy atom. The predicted molar refractivity (Wildman–Crippen MR) is 163 cm³/mol. The highest BCUT2D eigenvalue weighted by atomic mass is 79.9. The summed E-state index contributed by atoms with van der Waals surface area (Å²) in [7, 11) is 0. The van der Waals surface area contributed by atoms with Gasteiger partial charge in [0.15, 0.2) is 0 Å². The number of benzene rings is 3. The molecule has 2 aliphatic heterocycles. The van der Waals surface area contributed by atoms with Crippen LogP contribution < -0.4 is 15.5 Å². The number of carbonyl (C=O) groups is 2. The number of hydrogen-bond donors (Lipinski definition) is 2. The van der Waals surface area contributed by atoms with Crippen LogP contribution in [0.2, 0.25) is 0 Å². The second kappa shape index (κ2) is 13.9. The maximum Gasteiger partial charge on any atom is 0.256 e. The smallest absolute Gasteiger partial charge is 0.256 e. The van der Waals surface area contributed by atoms with Gasteiger partial charge in [0.25, 0.3) is 11.8 Å². The summed E-state index contributed by atoms with van der Waals surface area (Å²) in [6.07, 6.45) is 3.24. The van der Waals surface area contributed by atoms with Crippen LogP contribution in [0.5, 0.6) is 0 Å². The number of amides is 2. The van der Waals surface area contributed by atoms with E-state index in [-0.39, 0.29) is 11.8 Å². The fourth-order valence-corrected chi connectivity index (χ4v) is 5.95. The molecule has 2 heterocycles. The molecular weight excluding hydrogens is 568 g/mol. The van der Waals surface area contributed by atoms with Crippen LogP contribution in [0, 0.1) is 5.92 Å². The number of nitrogens with zero attached hydrogens (tertiary/aromatic N) is 2. The van der Waals surface area contributed by atoms with Crippen molar-refractivity contribution < 1.29 is 14.3 Å². The molecule has 2 saturated heterocycles. The van der Waals surface area contributed by atoms with Crippen LogP contribution in [0.4, 0.5) is 11.4 Å². The number of hydrogen-bond acceptors (Lipinski definition) is 5. The Morgan fingerprint density at radius 2 is 1.57 bits per heavy atom. The number of rotatable bonds is 9. The molecule has 210 valence electrons. The molecule has 7 nitrogen and oxygen atoms in total. The van der Waals surface area contributed by atoms with Crippen molar-refractivity contribution in [1.29, 1.82) is 0 Å². The molecule has 0 radical (unpaired) electrons. The van der Waals surface area contributed by atoms with E-state index in [0.29, 0.717) is 29.3 Å². The summed E-state index contributed by atoms with van der Waals surface area (Å²) in [6.45, 7) is 6.38. The van der Waals surface area contributed by atoms with Gasteiger partial charge in [0.05, 0.1) is 24.3 Å². The third-order valence-corrected chi connectivity index (χ3v) is 8.45. The van der Waals surface area contributed by atoms with Crippen molar-refractivity contribution in [2.45, 2.75) is 19.3 Å². The SMILES string of the molecule is O=C(Nc1ccc(N2CCC(Cc3ccccc3)CC2)c(C(=O)NCCN2CCOCC2)c1)c1ccccc1Br. The van der Waals surface area contributed by atoms with Crippen molar-refractivity contribution in [3.05, 3.63) is 94.0 Å². The van der Waals surface area contributed by atoms with Crippen LogP contribution in [0.1, 0.15) is 39.1 Å². The van der Waals surface area contributed by atoms with E-state index in [1.807, 2.05) is 36.4 Å². The van der Waals surface area contributed by atoms with Gasteiger partial charge in [-0.25, -0.2) is 0 Å². The van der Waals surface area contributed by atoms with Crippen molar-refractivity contribution in [2.24, 2.45) is 5.92 Å². The van der Waals surface area contributed by atoms with Gasteiger partial charge in [0.2, 0.25) is 0 Å². The fraction of sp³-hybridized carbons (Fsp3) is 0.375. The molecule has 3 aromatic carbocycles. The summed E-state index contributed by atoms with van der Waals surface area (Å²) >= 11 is 3.45. The Balaban J connectivity index is 1.29. The van der Waals surface area contributed by atoms with Gasteiger partial charge >= 0.3 is 0 Å². The zero-order valence-corrected chi connectivity index (χ0v) is 24.4. The van der Waals surface area contributed by atoms with E-state index in [9.17, 15) is 9.59 Å². The number of piperidine rings is 1. The molecule has 0 aliphatic carbocycles. The Morgan fingerprint density at radius 1 is 0.850 bits per heavy atom. The van der Waals surface area contributed by atoms with E-state index >= 15 is 0 Å². The number of halogens is 1. The average Bonchev–Trinajstić information content (AvgIpc) is 2.99. The molecule has 3 aromatic rings. The molecule has 40 heavy (non-hydrogen) atoms. The van der Waals surface area contributed by atoms with Gasteiger partial charge in [-0.05, 0) is 77.0 Å². The first-order valence-electron chi connectivity index (χ1n) is 14.1. The summed E-state index contributed by atoms with van der Waals surface area (Å²) in [5, 5.41) is 6.10. The summed E-state index contributed by atoms with van der Waals surface area (Å²) in [6, 6.07) is 23.7. The maximum atomic E-state index is 13.5. The Kier molecular flexibility index (Phi) is 9.86. The van der Waals surface area contributed by atoms with Crippen molar-refractivity contribution in [1.82, 2.24) is 10.2 Å². The van der Waals surface area contributed by atoms with Gasteiger partial charge in [-0.1, -0.05) is 42.5 Å². The lowest BCUT2D eigenvalue weighted by Gasteiger charge is -2.35. The molecule has 0 unspecified atom stereocenters. The second-order valence-corrected chi connectivity index (χ2v) is 11.4. The topological polar surface area (TPSA) is 73.9 Å². The molecule has 0 aromatic heterocycles. The monoisotopic (exact) mass is 604 g/mol. The minimum Gasteiger partial charge on any atom is -0.379 e. The van der Waals surface area contributed by atoms with Gasteiger partial charge in [0, 0.05) is 55.1 Å². The first-order chi connectivity index (χ1) is 19.6. The van der Waals surface area contributed by atoms with Gasteiger partial charge < -0.3 is 20.3 Å². The van der Waals surface area contributed by atoms with Crippen LogP contribution in [0.15, 0.2) is 77.3 Å². The first kappa shape index (κ1) is 28.3. The Hall–Kier alpha value is -3.20. The number of carbonyl (C=O) groups excluding carboxylic acids is 2. The van der Waals surface area contributed by atoms with E-state index in [2.05, 4.69) is 66.7 Å². The van der Waals surface area contributed by atoms with E-state index < -0.39 is 0 Å². The molecule has 8 heteroatoms. The largest absolute Gasteiger partial charge is 0.379 e. The highest BCUT2D eigenvalue weighted by Crippen LogP contribution is 2.30. The molecule has 0 bridgehead atoms. The standard InChI is InChI=1S/C32H37BrN4O3/c33-29-9-5-4-8-27(29)32(39)35-26-10-11-30(28(23-26)31(38)34-14-17-36-18-20-40-21-19-36)37-15-12-25(13-16-37)22-24-6-2-1-3-7-24/h1-11,23,25H,12-22H2,(H,34,38)(H,35,39). The molecule has 2 amide bonds. The first-order valence-corrected chi connectivity index (χ1v) is 14.9. The molecule has 2 fully saturated rings. The lowest BCUT2D eigenvalue weighted by molar-refractivity contribution is 0.0383. The number of anilines is 2. The fourth-order valence-electron chi connectivity index (χ4n) is 5.49. The molecular formula is C32H37BrN4O3. The average molecular weight is 606 g/mol. The molecule has 2 N–H and O–H groups in total. The minimum atomic E-state index is -0.222. The van der Waals surface area contributed by atoms with Crippen LogP contribution in [-0.2, 0) is 11.2 Å². The van der Waals surface area contributed by atoms with Crippen molar-refractivity contribution >= 4 is 39.1 Å². The van der Waals surface area contributed by atoms with Gasteiger partial charge in [-0.15, -0.1) is 0 Å². The van der Waals surface area contributed by atoms with Crippen LogP contribution >= 0.6 is 15.9 Å². The molecule has 0 saturated carbocycles. The third-order valence-electron chi connectivity index (χ3n) is 7.76. The normalized spacial score (nSPS) is 16.5. The third kappa shape index (κ3) is 7.50. The van der Waals surface area contributed by atoms with Crippen LogP contribution in [0.3, 0.4) is 0 Å². The van der Waals surface area contributed by atoms with Crippen molar-refractivity contribution in [2.75, 3.05) is 62.7 Å². The lowest BCUT2D eigenvalue weighted by Crippen LogP contribution is -2.41. The summed E-state index contributed by atoms with van der Waals surface area (Å²) < 4.78 is 6.16. The molecule has 2 aliphatic rings. The van der Waals surface area contributed by atoms with Crippen molar-refractivity contribution in [3.63, 3.8) is 0 Å². The molecule has 5 rings (SSSR count). The Labute approximate surface area is 245 Å². The highest BCUT2D eigenvalue weighted by Gasteiger charge is 2.24. The zero-order chi connectivity index (χ0) is 27.7. The van der Waals surface area contributed by atoms with E-state index in [0.717, 1.165) is 75.4 Å². The van der Waals surface area contributed by atoms with Gasteiger partial charge in [-0.3, -0.25) is 14.5 Å². The van der Waals surface area contributed by atoms with Crippen molar-refractivity contribution in [3.8, 4) is 0 Å².